The van der Waals surface area contributed by atoms with Crippen LogP contribution in [0, 0.1) is 23.2 Å². The largest absolute Gasteiger partial charge is 0.361 e. The van der Waals surface area contributed by atoms with E-state index in [1.54, 1.807) is 0 Å². The van der Waals surface area contributed by atoms with E-state index in [0.717, 1.165) is 13.1 Å². The van der Waals surface area contributed by atoms with Gasteiger partial charge in [-0.2, -0.15) is 5.26 Å². The minimum atomic E-state index is -0.266. The van der Waals surface area contributed by atoms with Gasteiger partial charge in [0.2, 0.25) is 0 Å². The molecule has 0 bridgehead atoms. The topological polar surface area (TPSA) is 36.3 Å². The average Bonchev–Trinajstić information content (AvgIpc) is 2.15. The van der Waals surface area contributed by atoms with E-state index in [1.165, 1.54) is 0 Å². The van der Waals surface area contributed by atoms with Crippen molar-refractivity contribution in [3.63, 3.8) is 0 Å². The van der Waals surface area contributed by atoms with Crippen LogP contribution in [0.2, 0.25) is 0 Å². The molecular weight excluding hydrogens is 152 g/mol. The molecule has 1 fully saturated rings. The van der Waals surface area contributed by atoms with E-state index in [2.05, 4.69) is 22.8 Å². The molecule has 12 heavy (non-hydrogen) atoms. The summed E-state index contributed by atoms with van der Waals surface area (Å²) in [6, 6.07) is 2.10. The summed E-state index contributed by atoms with van der Waals surface area (Å²) in [5, 5.41) is 8.60. The van der Waals surface area contributed by atoms with Crippen molar-refractivity contribution in [3.8, 4) is 17.9 Å². The van der Waals surface area contributed by atoms with Crippen LogP contribution in [-0.2, 0) is 4.74 Å². The Hall–Kier alpha value is -1.03. The Bertz CT molecular complexity index is 233. The van der Waals surface area contributed by atoms with Gasteiger partial charge in [0, 0.05) is 13.1 Å². The summed E-state index contributed by atoms with van der Waals surface area (Å²) in [5.74, 6) is 5.81. The molecule has 64 valence electrons. The molecule has 0 spiro atoms. The van der Waals surface area contributed by atoms with Gasteiger partial charge in [-0.3, -0.25) is 4.90 Å². The normalized spacial score (nSPS) is 23.8. The van der Waals surface area contributed by atoms with Crippen LogP contribution >= 0.6 is 0 Å². The third-order valence-electron chi connectivity index (χ3n) is 1.77. The summed E-state index contributed by atoms with van der Waals surface area (Å²) >= 11 is 0. The van der Waals surface area contributed by atoms with E-state index >= 15 is 0 Å². The molecule has 1 saturated heterocycles. The van der Waals surface area contributed by atoms with Gasteiger partial charge < -0.3 is 4.74 Å². The highest BCUT2D eigenvalue weighted by Crippen LogP contribution is 2.02. The van der Waals surface area contributed by atoms with E-state index in [1.807, 2.05) is 6.92 Å². The van der Waals surface area contributed by atoms with Crippen LogP contribution in [0.25, 0.3) is 0 Å². The third-order valence-corrected chi connectivity index (χ3v) is 1.77. The molecule has 1 aliphatic heterocycles. The smallest absolute Gasteiger partial charge is 0.156 e. The quantitative estimate of drug-likeness (QED) is 0.521. The van der Waals surface area contributed by atoms with Crippen molar-refractivity contribution in [2.75, 3.05) is 26.2 Å². The molecule has 1 rings (SSSR count). The van der Waals surface area contributed by atoms with Crippen molar-refractivity contribution in [2.24, 2.45) is 0 Å². The molecule has 0 amide bonds. The van der Waals surface area contributed by atoms with E-state index in [4.69, 9.17) is 10.00 Å². The van der Waals surface area contributed by atoms with E-state index in [-0.39, 0.29) is 6.10 Å². The first-order chi connectivity index (χ1) is 5.86. The van der Waals surface area contributed by atoms with Gasteiger partial charge in [-0.25, -0.2) is 0 Å². The molecule has 0 saturated carbocycles. The molecule has 0 aromatic rings. The fraction of sp³-hybridized carbons (Fsp3) is 0.667. The maximum absolute atomic E-state index is 8.60. The van der Waals surface area contributed by atoms with Gasteiger partial charge in [0.1, 0.15) is 0 Å². The fourth-order valence-corrected chi connectivity index (χ4v) is 1.12. The van der Waals surface area contributed by atoms with Crippen molar-refractivity contribution in [3.05, 3.63) is 0 Å². The Morgan fingerprint density at radius 3 is 3.17 bits per heavy atom. The second-order valence-electron chi connectivity index (χ2n) is 2.65. The first kappa shape index (κ1) is 9.06. The SMILES string of the molecule is CC#CCN1CCOC(C#N)C1. The van der Waals surface area contributed by atoms with Crippen LogP contribution in [0.5, 0.6) is 0 Å². The first-order valence-electron chi connectivity index (χ1n) is 4.00. The molecule has 0 aromatic carbocycles. The number of nitrogens with zero attached hydrogens (tertiary/aromatic N) is 2. The molecule has 0 aliphatic carbocycles. The number of hydrogen-bond acceptors (Lipinski definition) is 3. The molecular formula is C9H12N2O. The summed E-state index contributed by atoms with van der Waals surface area (Å²) in [6.45, 7) is 4.78. The molecule has 3 nitrogen and oxygen atoms in total. The number of rotatable bonds is 1. The standard InChI is InChI=1S/C9H12N2O/c1-2-3-4-11-5-6-12-9(7-10)8-11/h9H,4-6,8H2,1H3. The summed E-state index contributed by atoms with van der Waals surface area (Å²) in [7, 11) is 0. The number of nitriles is 1. The van der Waals surface area contributed by atoms with E-state index in [9.17, 15) is 0 Å². The van der Waals surface area contributed by atoms with Crippen LogP contribution in [0.3, 0.4) is 0 Å². The maximum atomic E-state index is 8.60. The molecule has 3 heteroatoms. The highest BCUT2D eigenvalue weighted by atomic mass is 16.5. The zero-order valence-corrected chi connectivity index (χ0v) is 7.21. The predicted octanol–water partition coefficient (Wildman–Crippen LogP) is 0.234. The monoisotopic (exact) mass is 164 g/mol. The van der Waals surface area contributed by atoms with Crippen LogP contribution < -0.4 is 0 Å². The molecule has 0 aromatic heterocycles. The lowest BCUT2D eigenvalue weighted by atomic mass is 10.3. The maximum Gasteiger partial charge on any atom is 0.156 e. The van der Waals surface area contributed by atoms with Crippen molar-refractivity contribution in [1.29, 1.82) is 5.26 Å². The van der Waals surface area contributed by atoms with Gasteiger partial charge in [-0.05, 0) is 6.92 Å². The van der Waals surface area contributed by atoms with Crippen molar-refractivity contribution < 1.29 is 4.74 Å². The molecule has 1 unspecified atom stereocenters. The summed E-state index contributed by atoms with van der Waals surface area (Å²) in [5.41, 5.74) is 0. The molecule has 1 aliphatic rings. The zero-order valence-electron chi connectivity index (χ0n) is 7.21. The van der Waals surface area contributed by atoms with Gasteiger partial charge in [0.25, 0.3) is 0 Å². The van der Waals surface area contributed by atoms with Crippen LogP contribution in [0.15, 0.2) is 0 Å². The van der Waals surface area contributed by atoms with Crippen LogP contribution in [0.1, 0.15) is 6.92 Å². The molecule has 1 heterocycles. The average molecular weight is 164 g/mol. The highest BCUT2D eigenvalue weighted by molar-refractivity contribution is 4.99. The van der Waals surface area contributed by atoms with Crippen LogP contribution in [0.4, 0.5) is 0 Å². The highest BCUT2D eigenvalue weighted by Gasteiger charge is 2.18. The van der Waals surface area contributed by atoms with Gasteiger partial charge in [0.15, 0.2) is 6.10 Å². The Labute approximate surface area is 72.9 Å². The lowest BCUT2D eigenvalue weighted by molar-refractivity contribution is 0.00592. The number of ether oxygens (including phenoxy) is 1. The first-order valence-corrected chi connectivity index (χ1v) is 4.00. The van der Waals surface area contributed by atoms with Crippen LogP contribution in [-0.4, -0.2) is 37.2 Å². The lowest BCUT2D eigenvalue weighted by Gasteiger charge is -2.27. The van der Waals surface area contributed by atoms with Gasteiger partial charge in [-0.1, -0.05) is 5.92 Å². The van der Waals surface area contributed by atoms with Gasteiger partial charge in [-0.15, -0.1) is 5.92 Å². The van der Waals surface area contributed by atoms with Crippen molar-refractivity contribution >= 4 is 0 Å². The summed E-state index contributed by atoms with van der Waals surface area (Å²) in [4.78, 5) is 2.13. The molecule has 0 radical (unpaired) electrons. The minimum absolute atomic E-state index is 0.266. The second-order valence-corrected chi connectivity index (χ2v) is 2.65. The van der Waals surface area contributed by atoms with Gasteiger partial charge >= 0.3 is 0 Å². The van der Waals surface area contributed by atoms with Gasteiger partial charge in [0.05, 0.1) is 19.2 Å². The Morgan fingerprint density at radius 1 is 1.67 bits per heavy atom. The lowest BCUT2D eigenvalue weighted by Crippen LogP contribution is -2.41. The zero-order chi connectivity index (χ0) is 8.81. The van der Waals surface area contributed by atoms with E-state index < -0.39 is 0 Å². The van der Waals surface area contributed by atoms with E-state index in [0.29, 0.717) is 13.2 Å². The summed E-state index contributed by atoms with van der Waals surface area (Å²) in [6.07, 6.45) is -0.266. The van der Waals surface area contributed by atoms with Crippen molar-refractivity contribution in [2.45, 2.75) is 13.0 Å². The Morgan fingerprint density at radius 2 is 2.50 bits per heavy atom. The third kappa shape index (κ3) is 2.54. The fourth-order valence-electron chi connectivity index (χ4n) is 1.12. The Balaban J connectivity index is 2.35. The number of morpholine rings is 1. The Kier molecular flexibility index (Phi) is 3.60. The minimum Gasteiger partial charge on any atom is -0.361 e. The van der Waals surface area contributed by atoms with Crippen molar-refractivity contribution in [1.82, 2.24) is 4.90 Å². The summed E-state index contributed by atoms with van der Waals surface area (Å²) < 4.78 is 5.19. The molecule has 1 atom stereocenters. The predicted molar refractivity (Wildman–Crippen MR) is 45.2 cm³/mol. The second kappa shape index (κ2) is 4.77. The number of hydrogen-bond donors (Lipinski definition) is 0. The molecule has 0 N–H and O–H groups in total.